The number of benzene rings is 2. The van der Waals surface area contributed by atoms with Crippen LogP contribution in [0.15, 0.2) is 47.3 Å². The summed E-state index contributed by atoms with van der Waals surface area (Å²) < 4.78 is 13.1. The van der Waals surface area contributed by atoms with Gasteiger partial charge in [-0.1, -0.05) is 35.4 Å². The summed E-state index contributed by atoms with van der Waals surface area (Å²) in [6, 6.07) is 13.4. The van der Waals surface area contributed by atoms with Gasteiger partial charge in [-0.3, -0.25) is 9.69 Å². The number of tetrazole rings is 1. The zero-order valence-corrected chi connectivity index (χ0v) is 22.7. The van der Waals surface area contributed by atoms with Crippen molar-refractivity contribution in [2.45, 2.75) is 51.9 Å². The van der Waals surface area contributed by atoms with Crippen molar-refractivity contribution in [2.24, 2.45) is 0 Å². The van der Waals surface area contributed by atoms with Gasteiger partial charge in [-0.2, -0.15) is 0 Å². The average Bonchev–Trinajstić information content (AvgIpc) is 3.57. The van der Waals surface area contributed by atoms with E-state index in [1.165, 1.54) is 0 Å². The van der Waals surface area contributed by atoms with E-state index < -0.39 is 6.04 Å². The number of nitrogens with zero attached hydrogens (tertiary/aromatic N) is 5. The fraction of sp³-hybridized carbons (Fsp3) is 0.429. The van der Waals surface area contributed by atoms with Gasteiger partial charge >= 0.3 is 0 Å². The van der Waals surface area contributed by atoms with E-state index in [0.29, 0.717) is 42.7 Å². The van der Waals surface area contributed by atoms with Gasteiger partial charge in [-0.15, -0.1) is 5.10 Å². The standard InChI is InChI=1S/C28H33ClN6O3/c1-18-13-19(2)25-21(14-18)15-24(28(36)30-25)26(27-31-32-33-35(27)10-12-37-3)34(17-23-5-4-11-38-23)16-20-6-8-22(29)9-7-20/h6-9,13-15,23,26H,4-5,10-12,16-17H2,1-3H3,(H,30,36)/t23-,26-/m1/s1. The first kappa shape index (κ1) is 26.5. The Balaban J connectivity index is 1.67. The molecule has 2 aromatic carbocycles. The van der Waals surface area contributed by atoms with Gasteiger partial charge in [-0.25, -0.2) is 4.68 Å². The first-order valence-corrected chi connectivity index (χ1v) is 13.3. The lowest BCUT2D eigenvalue weighted by atomic mass is 9.99. The van der Waals surface area contributed by atoms with E-state index in [9.17, 15) is 4.79 Å². The van der Waals surface area contributed by atoms with Crippen molar-refractivity contribution in [3.63, 3.8) is 0 Å². The number of aryl methyl sites for hydroxylation is 2. The molecule has 0 bridgehead atoms. The van der Waals surface area contributed by atoms with Crippen LogP contribution in [0, 0.1) is 13.8 Å². The summed E-state index contributed by atoms with van der Waals surface area (Å²) in [7, 11) is 1.64. The van der Waals surface area contributed by atoms with Crippen LogP contribution in [0.25, 0.3) is 10.9 Å². The lowest BCUT2D eigenvalue weighted by Crippen LogP contribution is -2.39. The molecule has 1 N–H and O–H groups in total. The summed E-state index contributed by atoms with van der Waals surface area (Å²) in [6.45, 7) is 6.90. The summed E-state index contributed by atoms with van der Waals surface area (Å²) in [5, 5.41) is 14.3. The second kappa shape index (κ2) is 11.7. The van der Waals surface area contributed by atoms with Gasteiger partial charge in [0.2, 0.25) is 0 Å². The molecule has 0 saturated carbocycles. The van der Waals surface area contributed by atoms with Crippen LogP contribution in [0.4, 0.5) is 0 Å². The molecule has 0 amide bonds. The molecule has 1 aliphatic rings. The zero-order valence-electron chi connectivity index (χ0n) is 22.0. The quantitative estimate of drug-likeness (QED) is 0.324. The van der Waals surface area contributed by atoms with Crippen LogP contribution in [0.1, 0.15) is 47.0 Å². The van der Waals surface area contributed by atoms with Crippen molar-refractivity contribution in [1.29, 1.82) is 0 Å². The van der Waals surface area contributed by atoms with Crippen LogP contribution < -0.4 is 5.56 Å². The molecular weight excluding hydrogens is 504 g/mol. The van der Waals surface area contributed by atoms with Crippen LogP contribution in [-0.4, -0.2) is 63.1 Å². The van der Waals surface area contributed by atoms with Gasteiger partial charge in [0.05, 0.1) is 24.8 Å². The van der Waals surface area contributed by atoms with Crippen LogP contribution in [-0.2, 0) is 22.6 Å². The number of nitrogens with one attached hydrogen (secondary N) is 1. The molecule has 0 radical (unpaired) electrons. The van der Waals surface area contributed by atoms with E-state index in [1.54, 1.807) is 11.8 Å². The number of halogens is 1. The summed E-state index contributed by atoms with van der Waals surface area (Å²) in [6.07, 6.45) is 2.03. The van der Waals surface area contributed by atoms with Crippen molar-refractivity contribution in [3.05, 3.63) is 85.9 Å². The van der Waals surface area contributed by atoms with Crippen molar-refractivity contribution >= 4 is 22.5 Å². The number of hydrogen-bond acceptors (Lipinski definition) is 7. The van der Waals surface area contributed by atoms with Crippen molar-refractivity contribution in [2.75, 3.05) is 26.9 Å². The second-order valence-corrected chi connectivity index (χ2v) is 10.4. The number of methoxy groups -OCH3 is 1. The topological polar surface area (TPSA) is 98.2 Å². The van der Waals surface area contributed by atoms with E-state index in [4.69, 9.17) is 21.1 Å². The fourth-order valence-corrected chi connectivity index (χ4v) is 5.41. The molecule has 9 nitrogen and oxygen atoms in total. The molecular formula is C28H33ClN6O3. The Labute approximate surface area is 226 Å². The van der Waals surface area contributed by atoms with Crippen LogP contribution in [0.2, 0.25) is 5.02 Å². The van der Waals surface area contributed by atoms with Gasteiger partial charge in [0.1, 0.15) is 6.04 Å². The van der Waals surface area contributed by atoms with Crippen LogP contribution in [0.3, 0.4) is 0 Å². The number of pyridine rings is 1. The van der Waals surface area contributed by atoms with Gasteiger partial charge in [-0.05, 0) is 77.9 Å². The highest BCUT2D eigenvalue weighted by atomic mass is 35.5. The number of ether oxygens (including phenoxy) is 2. The van der Waals surface area contributed by atoms with E-state index in [-0.39, 0.29) is 11.7 Å². The lowest BCUT2D eigenvalue weighted by Gasteiger charge is -2.32. The number of hydrogen-bond donors (Lipinski definition) is 1. The number of aromatic amines is 1. The van der Waals surface area contributed by atoms with Gasteiger partial charge in [0.25, 0.3) is 5.56 Å². The third-order valence-electron chi connectivity index (χ3n) is 7.05. The fourth-order valence-electron chi connectivity index (χ4n) is 5.29. The maximum Gasteiger partial charge on any atom is 0.253 e. The zero-order chi connectivity index (χ0) is 26.6. The number of aromatic nitrogens is 5. The first-order valence-electron chi connectivity index (χ1n) is 12.9. The summed E-state index contributed by atoms with van der Waals surface area (Å²) in [5.41, 5.74) is 4.49. The van der Waals surface area contributed by atoms with Crippen LogP contribution >= 0.6 is 11.6 Å². The van der Waals surface area contributed by atoms with E-state index in [2.05, 4.69) is 44.5 Å². The van der Waals surface area contributed by atoms with E-state index in [0.717, 1.165) is 47.0 Å². The number of fused-ring (bicyclic) bond motifs is 1. The van der Waals surface area contributed by atoms with Crippen LogP contribution in [0.5, 0.6) is 0 Å². The maximum atomic E-state index is 13.7. The minimum atomic E-state index is -0.518. The Morgan fingerprint density at radius 2 is 2.05 bits per heavy atom. The van der Waals surface area contributed by atoms with Crippen molar-refractivity contribution in [3.8, 4) is 0 Å². The van der Waals surface area contributed by atoms with Crippen molar-refractivity contribution < 1.29 is 9.47 Å². The molecule has 3 heterocycles. The van der Waals surface area contributed by atoms with E-state index in [1.807, 2.05) is 37.3 Å². The minimum absolute atomic E-state index is 0.0529. The molecule has 1 saturated heterocycles. The normalized spacial score (nSPS) is 16.5. The molecule has 38 heavy (non-hydrogen) atoms. The first-order chi connectivity index (χ1) is 18.4. The average molecular weight is 537 g/mol. The van der Waals surface area contributed by atoms with Gasteiger partial charge < -0.3 is 14.5 Å². The highest BCUT2D eigenvalue weighted by molar-refractivity contribution is 6.30. The number of H-pyrrole nitrogens is 1. The largest absolute Gasteiger partial charge is 0.383 e. The highest BCUT2D eigenvalue weighted by Gasteiger charge is 2.33. The monoisotopic (exact) mass is 536 g/mol. The molecule has 10 heteroatoms. The van der Waals surface area contributed by atoms with E-state index >= 15 is 0 Å². The second-order valence-electron chi connectivity index (χ2n) is 9.95. The molecule has 5 rings (SSSR count). The molecule has 4 aromatic rings. The SMILES string of the molecule is COCCn1nnnc1[C@@H](c1cc2cc(C)cc(C)c2[nH]c1=O)N(Cc1ccc(Cl)cc1)C[C@H]1CCCO1. The molecule has 2 atom stereocenters. The molecule has 1 aliphatic heterocycles. The van der Waals surface area contributed by atoms with Gasteiger partial charge in [0, 0.05) is 37.4 Å². The molecule has 1 fully saturated rings. The Morgan fingerprint density at radius 1 is 1.24 bits per heavy atom. The maximum absolute atomic E-state index is 13.7. The molecule has 0 unspecified atom stereocenters. The Hall–Kier alpha value is -3.11. The number of rotatable bonds is 10. The third kappa shape index (κ3) is 5.81. The lowest BCUT2D eigenvalue weighted by molar-refractivity contribution is 0.0569. The Morgan fingerprint density at radius 3 is 2.79 bits per heavy atom. The Kier molecular flexibility index (Phi) is 8.18. The predicted molar refractivity (Wildman–Crippen MR) is 146 cm³/mol. The van der Waals surface area contributed by atoms with Gasteiger partial charge in [0.15, 0.2) is 5.82 Å². The predicted octanol–water partition coefficient (Wildman–Crippen LogP) is 4.20. The summed E-state index contributed by atoms with van der Waals surface area (Å²) in [5.74, 6) is 0.586. The van der Waals surface area contributed by atoms with Crippen molar-refractivity contribution in [1.82, 2.24) is 30.1 Å². The molecule has 2 aromatic heterocycles. The highest BCUT2D eigenvalue weighted by Crippen LogP contribution is 2.31. The molecule has 0 spiro atoms. The third-order valence-corrected chi connectivity index (χ3v) is 7.31. The molecule has 0 aliphatic carbocycles. The smallest absolute Gasteiger partial charge is 0.253 e. The minimum Gasteiger partial charge on any atom is -0.383 e. The Bertz CT molecular complexity index is 1450. The summed E-state index contributed by atoms with van der Waals surface area (Å²) in [4.78, 5) is 19.1. The molecule has 200 valence electrons. The summed E-state index contributed by atoms with van der Waals surface area (Å²) >= 11 is 6.18.